The van der Waals surface area contributed by atoms with Gasteiger partial charge in [0.05, 0.1) is 5.56 Å². The highest BCUT2D eigenvalue weighted by atomic mass is 19.4. The van der Waals surface area contributed by atoms with Crippen molar-refractivity contribution in [1.29, 1.82) is 0 Å². The first-order valence-corrected chi connectivity index (χ1v) is 6.23. The highest BCUT2D eigenvalue weighted by Gasteiger charge is 2.34. The molecule has 0 aliphatic carbocycles. The Morgan fingerprint density at radius 3 is 2.37 bits per heavy atom. The summed E-state index contributed by atoms with van der Waals surface area (Å²) in [5.41, 5.74) is 5.52. The summed E-state index contributed by atoms with van der Waals surface area (Å²) in [4.78, 5) is 4.18. The van der Waals surface area contributed by atoms with Crippen LogP contribution in [0.3, 0.4) is 0 Å². The summed E-state index contributed by atoms with van der Waals surface area (Å²) >= 11 is 0. The Morgan fingerprint density at radius 1 is 1.16 bits per heavy atom. The van der Waals surface area contributed by atoms with Gasteiger partial charge in [0.25, 0.3) is 0 Å². The number of nitrogens with zero attached hydrogens (tertiary/aromatic N) is 2. The molecular formula is C13H18F3N3. The summed E-state index contributed by atoms with van der Waals surface area (Å²) in [6.45, 7) is 3.53. The fourth-order valence-electron chi connectivity index (χ4n) is 2.28. The van der Waals surface area contributed by atoms with Gasteiger partial charge in [0.2, 0.25) is 0 Å². The van der Waals surface area contributed by atoms with E-state index in [4.69, 9.17) is 5.73 Å². The van der Waals surface area contributed by atoms with Gasteiger partial charge in [-0.3, -0.25) is 4.90 Å². The summed E-state index contributed by atoms with van der Waals surface area (Å²) in [5, 5.41) is 0. The normalized spacial score (nSPS) is 18.7. The van der Waals surface area contributed by atoms with E-state index in [2.05, 4.69) is 4.90 Å². The van der Waals surface area contributed by atoms with E-state index in [-0.39, 0.29) is 17.8 Å². The Bertz CT molecular complexity index is 437. The Morgan fingerprint density at radius 2 is 1.79 bits per heavy atom. The molecule has 3 nitrogen and oxygen atoms in total. The highest BCUT2D eigenvalue weighted by molar-refractivity contribution is 5.51. The lowest BCUT2D eigenvalue weighted by Crippen LogP contribution is -2.44. The van der Waals surface area contributed by atoms with Crippen molar-refractivity contribution < 1.29 is 13.2 Å². The zero-order chi connectivity index (χ0) is 14.0. The van der Waals surface area contributed by atoms with E-state index in [0.717, 1.165) is 32.2 Å². The van der Waals surface area contributed by atoms with Crippen molar-refractivity contribution in [1.82, 2.24) is 9.80 Å². The van der Waals surface area contributed by atoms with Gasteiger partial charge in [0.1, 0.15) is 0 Å². The molecular weight excluding hydrogens is 255 g/mol. The minimum Gasteiger partial charge on any atom is -0.398 e. The maximum absolute atomic E-state index is 13.0. The second kappa shape index (κ2) is 5.38. The zero-order valence-corrected chi connectivity index (χ0v) is 10.9. The van der Waals surface area contributed by atoms with E-state index in [1.807, 2.05) is 11.9 Å². The highest BCUT2D eigenvalue weighted by Crippen LogP contribution is 2.34. The van der Waals surface area contributed by atoms with Crippen LogP contribution in [-0.4, -0.2) is 43.0 Å². The van der Waals surface area contributed by atoms with E-state index >= 15 is 0 Å². The number of nitrogens with two attached hydrogens (primary N) is 1. The lowest BCUT2D eigenvalue weighted by Gasteiger charge is -2.33. The molecule has 2 N–H and O–H groups in total. The third kappa shape index (κ3) is 3.39. The molecule has 0 saturated carbocycles. The molecule has 1 heterocycles. The van der Waals surface area contributed by atoms with E-state index in [9.17, 15) is 13.2 Å². The van der Waals surface area contributed by atoms with Crippen LogP contribution in [0.5, 0.6) is 0 Å². The lowest BCUT2D eigenvalue weighted by atomic mass is 10.0. The molecule has 2 rings (SSSR count). The van der Waals surface area contributed by atoms with Gasteiger partial charge in [-0.25, -0.2) is 0 Å². The predicted molar refractivity (Wildman–Crippen MR) is 68.6 cm³/mol. The fraction of sp³-hybridized carbons (Fsp3) is 0.538. The van der Waals surface area contributed by atoms with Crippen LogP contribution in [-0.2, 0) is 12.7 Å². The predicted octanol–water partition coefficient (Wildman–Crippen LogP) is 2.04. The molecule has 0 radical (unpaired) electrons. The first kappa shape index (κ1) is 14.1. The van der Waals surface area contributed by atoms with Crippen LogP contribution in [0, 0.1) is 0 Å². The van der Waals surface area contributed by atoms with E-state index in [1.54, 1.807) is 0 Å². The van der Waals surface area contributed by atoms with E-state index in [1.165, 1.54) is 12.1 Å². The molecule has 0 bridgehead atoms. The van der Waals surface area contributed by atoms with Crippen molar-refractivity contribution in [2.45, 2.75) is 12.7 Å². The van der Waals surface area contributed by atoms with Crippen LogP contribution < -0.4 is 5.73 Å². The minimum absolute atomic E-state index is 0.194. The number of benzene rings is 1. The average Bonchev–Trinajstić information content (AvgIpc) is 2.33. The molecule has 0 unspecified atom stereocenters. The molecule has 1 aliphatic heterocycles. The summed E-state index contributed by atoms with van der Waals surface area (Å²) in [6.07, 6.45) is -4.35. The van der Waals surface area contributed by atoms with Crippen LogP contribution in [0.1, 0.15) is 11.1 Å². The van der Waals surface area contributed by atoms with Gasteiger partial charge in [-0.15, -0.1) is 0 Å². The van der Waals surface area contributed by atoms with Crippen molar-refractivity contribution >= 4 is 5.69 Å². The number of hydrogen-bond acceptors (Lipinski definition) is 3. The van der Waals surface area contributed by atoms with E-state index < -0.39 is 11.7 Å². The van der Waals surface area contributed by atoms with Crippen molar-refractivity contribution in [2.24, 2.45) is 0 Å². The molecule has 6 heteroatoms. The molecule has 1 aliphatic rings. The van der Waals surface area contributed by atoms with Gasteiger partial charge < -0.3 is 10.6 Å². The maximum Gasteiger partial charge on any atom is 0.416 e. The smallest absolute Gasteiger partial charge is 0.398 e. The van der Waals surface area contributed by atoms with Crippen LogP contribution in [0.15, 0.2) is 18.2 Å². The minimum atomic E-state index is -4.35. The quantitative estimate of drug-likeness (QED) is 0.837. The standard InChI is InChI=1S/C13H18F3N3/c1-18-5-7-19(8-6-18)9-10-11(13(14,15)16)3-2-4-12(10)17/h2-4H,5-9,17H2,1H3. The Hall–Kier alpha value is -1.27. The number of piperazine rings is 1. The molecule has 1 aromatic rings. The van der Waals surface area contributed by atoms with Gasteiger partial charge in [-0.2, -0.15) is 13.2 Å². The summed E-state index contributed by atoms with van der Waals surface area (Å²) in [7, 11) is 2.01. The number of halogens is 3. The van der Waals surface area contributed by atoms with Gasteiger partial charge in [0.15, 0.2) is 0 Å². The second-order valence-corrected chi connectivity index (χ2v) is 4.95. The van der Waals surface area contributed by atoms with Gasteiger partial charge in [0, 0.05) is 44.0 Å². The Balaban J connectivity index is 2.20. The van der Waals surface area contributed by atoms with Crippen molar-refractivity contribution in [2.75, 3.05) is 39.0 Å². The number of rotatable bonds is 2. The SMILES string of the molecule is CN1CCN(Cc2c(N)cccc2C(F)(F)F)CC1. The number of alkyl halides is 3. The largest absolute Gasteiger partial charge is 0.416 e. The molecule has 0 spiro atoms. The molecule has 1 fully saturated rings. The first-order chi connectivity index (χ1) is 8.88. The number of hydrogen-bond donors (Lipinski definition) is 1. The summed E-state index contributed by atoms with van der Waals surface area (Å²) < 4.78 is 38.9. The molecule has 1 aromatic carbocycles. The van der Waals surface area contributed by atoms with Crippen LogP contribution >= 0.6 is 0 Å². The van der Waals surface area contributed by atoms with Crippen molar-refractivity contribution in [3.8, 4) is 0 Å². The lowest BCUT2D eigenvalue weighted by molar-refractivity contribution is -0.138. The van der Waals surface area contributed by atoms with Crippen LogP contribution in [0.25, 0.3) is 0 Å². The number of likely N-dealkylation sites (N-methyl/N-ethyl adjacent to an activating group) is 1. The fourth-order valence-corrected chi connectivity index (χ4v) is 2.28. The summed E-state index contributed by atoms with van der Waals surface area (Å²) in [6, 6.07) is 3.98. The Kier molecular flexibility index (Phi) is 4.01. The molecule has 19 heavy (non-hydrogen) atoms. The summed E-state index contributed by atoms with van der Waals surface area (Å²) in [5.74, 6) is 0. The molecule has 0 atom stereocenters. The first-order valence-electron chi connectivity index (χ1n) is 6.23. The van der Waals surface area contributed by atoms with Crippen molar-refractivity contribution in [3.05, 3.63) is 29.3 Å². The van der Waals surface area contributed by atoms with Gasteiger partial charge in [-0.05, 0) is 19.2 Å². The maximum atomic E-state index is 13.0. The van der Waals surface area contributed by atoms with E-state index in [0.29, 0.717) is 0 Å². The molecule has 0 aromatic heterocycles. The molecule has 106 valence electrons. The molecule has 1 saturated heterocycles. The monoisotopic (exact) mass is 273 g/mol. The topological polar surface area (TPSA) is 32.5 Å². The number of nitrogen functional groups attached to an aromatic ring is 1. The van der Waals surface area contributed by atoms with Crippen LogP contribution in [0.2, 0.25) is 0 Å². The van der Waals surface area contributed by atoms with Crippen LogP contribution in [0.4, 0.5) is 18.9 Å². The number of anilines is 1. The van der Waals surface area contributed by atoms with Crippen molar-refractivity contribution in [3.63, 3.8) is 0 Å². The average molecular weight is 273 g/mol. The Labute approximate surface area is 110 Å². The zero-order valence-electron chi connectivity index (χ0n) is 10.9. The van der Waals surface area contributed by atoms with Gasteiger partial charge >= 0.3 is 6.18 Å². The third-order valence-corrected chi connectivity index (χ3v) is 3.50. The molecule has 0 amide bonds. The van der Waals surface area contributed by atoms with Gasteiger partial charge in [-0.1, -0.05) is 6.07 Å². The third-order valence-electron chi connectivity index (χ3n) is 3.50. The second-order valence-electron chi connectivity index (χ2n) is 4.95.